The van der Waals surface area contributed by atoms with Gasteiger partial charge in [0, 0.05) is 28.8 Å². The molecule has 0 spiro atoms. The van der Waals surface area contributed by atoms with Crippen LogP contribution in [0.3, 0.4) is 0 Å². The highest BCUT2D eigenvalue weighted by molar-refractivity contribution is 9.08. The quantitative estimate of drug-likeness (QED) is 0.659. The van der Waals surface area contributed by atoms with Crippen LogP contribution >= 0.6 is 27.5 Å². The monoisotopic (exact) mass is 337 g/mol. The van der Waals surface area contributed by atoms with Crippen LogP contribution in [0.25, 0.3) is 0 Å². The minimum Gasteiger partial charge on any atom is -0.345 e. The van der Waals surface area contributed by atoms with Gasteiger partial charge in [-0.1, -0.05) is 52.7 Å². The van der Waals surface area contributed by atoms with Gasteiger partial charge >= 0.3 is 0 Å². The van der Waals surface area contributed by atoms with Gasteiger partial charge in [-0.3, -0.25) is 0 Å². The summed E-state index contributed by atoms with van der Waals surface area (Å²) in [7, 11) is 2.06. The van der Waals surface area contributed by atoms with Gasteiger partial charge in [-0.25, -0.2) is 0 Å². The molecule has 0 aromatic heterocycles. The largest absolute Gasteiger partial charge is 0.345 e. The van der Waals surface area contributed by atoms with E-state index in [1.807, 2.05) is 6.07 Å². The Labute approximate surface area is 128 Å². The van der Waals surface area contributed by atoms with Gasteiger partial charge in [-0.05, 0) is 41.8 Å². The maximum atomic E-state index is 6.25. The molecule has 0 radical (unpaired) electrons. The van der Waals surface area contributed by atoms with Crippen LogP contribution in [-0.4, -0.2) is 7.05 Å². The van der Waals surface area contributed by atoms with Crippen molar-refractivity contribution in [2.45, 2.75) is 18.7 Å². The molecule has 0 saturated carbocycles. The van der Waals surface area contributed by atoms with Crippen molar-refractivity contribution >= 4 is 38.9 Å². The highest BCUT2D eigenvalue weighted by atomic mass is 79.9. The molecule has 3 heteroatoms. The molecule has 0 atom stereocenters. The Bertz CT molecular complexity index is 551. The topological polar surface area (TPSA) is 3.24 Å². The maximum Gasteiger partial charge on any atom is 0.0467 e. The van der Waals surface area contributed by atoms with Crippen LogP contribution in [0.15, 0.2) is 42.5 Å². The number of anilines is 2. The lowest BCUT2D eigenvalue weighted by molar-refractivity contribution is 1.13. The van der Waals surface area contributed by atoms with E-state index in [0.717, 1.165) is 28.0 Å². The molecule has 0 N–H and O–H groups in total. The Balaban J connectivity index is 2.27. The highest BCUT2D eigenvalue weighted by Gasteiger charge is 2.06. The first-order valence-electron chi connectivity index (χ1n) is 6.32. The smallest absolute Gasteiger partial charge is 0.0467 e. The van der Waals surface area contributed by atoms with Crippen LogP contribution in [0.4, 0.5) is 11.4 Å². The Morgan fingerprint density at radius 1 is 1.05 bits per heavy atom. The highest BCUT2D eigenvalue weighted by Crippen LogP contribution is 2.29. The number of benzene rings is 2. The number of aryl methyl sites for hydroxylation is 1. The van der Waals surface area contributed by atoms with Gasteiger partial charge < -0.3 is 4.90 Å². The number of hydrogen-bond donors (Lipinski definition) is 0. The van der Waals surface area contributed by atoms with E-state index in [1.54, 1.807) is 0 Å². The Hall–Kier alpha value is -0.990. The van der Waals surface area contributed by atoms with E-state index >= 15 is 0 Å². The molecular formula is C16H17BrClN. The van der Waals surface area contributed by atoms with Crippen molar-refractivity contribution in [3.8, 4) is 0 Å². The molecule has 0 aliphatic heterocycles. The zero-order valence-corrected chi connectivity index (χ0v) is 13.5. The van der Waals surface area contributed by atoms with Crippen molar-refractivity contribution in [1.82, 2.24) is 0 Å². The SMILES string of the molecule is CCc1ccc(N(C)c2ccc(CBr)c(Cl)c2)cc1. The second-order valence-electron chi connectivity index (χ2n) is 4.49. The molecule has 2 rings (SSSR count). The first kappa shape index (κ1) is 14.4. The molecule has 0 amide bonds. The number of rotatable bonds is 4. The molecule has 0 aliphatic rings. The molecule has 19 heavy (non-hydrogen) atoms. The average molecular weight is 339 g/mol. The molecule has 0 unspecified atom stereocenters. The summed E-state index contributed by atoms with van der Waals surface area (Å²) >= 11 is 9.68. The van der Waals surface area contributed by atoms with Gasteiger partial charge in [0.05, 0.1) is 0 Å². The van der Waals surface area contributed by atoms with Gasteiger partial charge in [-0.15, -0.1) is 0 Å². The van der Waals surface area contributed by atoms with Crippen molar-refractivity contribution in [3.63, 3.8) is 0 Å². The van der Waals surface area contributed by atoms with Crippen molar-refractivity contribution in [1.29, 1.82) is 0 Å². The van der Waals surface area contributed by atoms with Gasteiger partial charge in [0.1, 0.15) is 0 Å². The van der Waals surface area contributed by atoms with Crippen molar-refractivity contribution in [2.75, 3.05) is 11.9 Å². The van der Waals surface area contributed by atoms with E-state index in [4.69, 9.17) is 11.6 Å². The van der Waals surface area contributed by atoms with Crippen LogP contribution in [0, 0.1) is 0 Å². The number of hydrogen-bond acceptors (Lipinski definition) is 1. The van der Waals surface area contributed by atoms with E-state index in [-0.39, 0.29) is 0 Å². The minimum absolute atomic E-state index is 0.779. The van der Waals surface area contributed by atoms with Crippen LogP contribution in [-0.2, 0) is 11.8 Å². The zero-order chi connectivity index (χ0) is 13.8. The van der Waals surface area contributed by atoms with Gasteiger partial charge in [0.25, 0.3) is 0 Å². The summed E-state index contributed by atoms with van der Waals surface area (Å²) in [6, 6.07) is 14.8. The summed E-state index contributed by atoms with van der Waals surface area (Å²) in [4.78, 5) is 2.14. The molecule has 0 saturated heterocycles. The summed E-state index contributed by atoms with van der Waals surface area (Å²) in [6.45, 7) is 2.16. The number of halogens is 2. The third-order valence-electron chi connectivity index (χ3n) is 3.30. The van der Waals surface area contributed by atoms with E-state index in [1.165, 1.54) is 11.3 Å². The molecule has 0 aliphatic carbocycles. The summed E-state index contributed by atoms with van der Waals surface area (Å²) < 4.78 is 0. The van der Waals surface area contributed by atoms with Gasteiger partial charge in [-0.2, -0.15) is 0 Å². The summed E-state index contributed by atoms with van der Waals surface area (Å²) in [5.74, 6) is 0. The van der Waals surface area contributed by atoms with Crippen molar-refractivity contribution in [3.05, 3.63) is 58.6 Å². The molecule has 2 aromatic carbocycles. The van der Waals surface area contributed by atoms with E-state index in [0.29, 0.717) is 0 Å². The lowest BCUT2D eigenvalue weighted by Crippen LogP contribution is -2.09. The molecule has 0 fully saturated rings. The molecule has 100 valence electrons. The molecular weight excluding hydrogens is 322 g/mol. The van der Waals surface area contributed by atoms with Crippen molar-refractivity contribution < 1.29 is 0 Å². The molecule has 0 bridgehead atoms. The average Bonchev–Trinajstić information content (AvgIpc) is 2.46. The second kappa shape index (κ2) is 6.44. The van der Waals surface area contributed by atoms with Crippen LogP contribution in [0.2, 0.25) is 5.02 Å². The summed E-state index contributed by atoms with van der Waals surface area (Å²) in [5.41, 5.74) is 4.73. The maximum absolute atomic E-state index is 6.25. The van der Waals surface area contributed by atoms with E-state index in [2.05, 4.69) is 71.2 Å². The fraction of sp³-hybridized carbons (Fsp3) is 0.250. The summed E-state index contributed by atoms with van der Waals surface area (Å²) in [5, 5.41) is 1.58. The Morgan fingerprint density at radius 2 is 1.68 bits per heavy atom. The first-order valence-corrected chi connectivity index (χ1v) is 7.82. The van der Waals surface area contributed by atoms with Crippen LogP contribution in [0.5, 0.6) is 0 Å². The fourth-order valence-electron chi connectivity index (χ4n) is 1.96. The van der Waals surface area contributed by atoms with Gasteiger partial charge in [0.15, 0.2) is 0 Å². The number of nitrogens with zero attached hydrogens (tertiary/aromatic N) is 1. The Morgan fingerprint density at radius 3 is 2.21 bits per heavy atom. The van der Waals surface area contributed by atoms with Crippen LogP contribution in [0.1, 0.15) is 18.1 Å². The fourth-order valence-corrected chi connectivity index (χ4v) is 2.85. The van der Waals surface area contributed by atoms with Gasteiger partial charge in [0.2, 0.25) is 0 Å². The zero-order valence-electron chi connectivity index (χ0n) is 11.2. The third-order valence-corrected chi connectivity index (χ3v) is 4.26. The lowest BCUT2D eigenvalue weighted by atomic mass is 10.1. The Kier molecular flexibility index (Phi) is 4.89. The predicted octanol–water partition coefficient (Wildman–Crippen LogP) is 5.57. The summed E-state index contributed by atoms with van der Waals surface area (Å²) in [6.07, 6.45) is 1.07. The lowest BCUT2D eigenvalue weighted by Gasteiger charge is -2.20. The van der Waals surface area contributed by atoms with Crippen LogP contribution < -0.4 is 4.90 Å². The van der Waals surface area contributed by atoms with E-state index in [9.17, 15) is 0 Å². The predicted molar refractivity (Wildman–Crippen MR) is 88.0 cm³/mol. The number of alkyl halides is 1. The molecule has 0 heterocycles. The standard InChI is InChI=1S/C16H17BrClN/c1-3-12-4-7-14(8-5-12)19(2)15-9-6-13(11-17)16(18)10-15/h4-10H,3,11H2,1-2H3. The second-order valence-corrected chi connectivity index (χ2v) is 5.46. The molecule has 2 aromatic rings. The third kappa shape index (κ3) is 3.31. The normalized spacial score (nSPS) is 10.5. The van der Waals surface area contributed by atoms with E-state index < -0.39 is 0 Å². The van der Waals surface area contributed by atoms with Crippen molar-refractivity contribution in [2.24, 2.45) is 0 Å². The molecule has 1 nitrogen and oxygen atoms in total. The minimum atomic E-state index is 0.779. The first-order chi connectivity index (χ1) is 9.15.